The number of benzene rings is 2. The van der Waals surface area contributed by atoms with E-state index in [1.165, 1.54) is 6.21 Å². The number of nitrogens with one attached hydrogen (secondary N) is 1. The highest BCUT2D eigenvalue weighted by Crippen LogP contribution is 2.28. The smallest absolute Gasteiger partial charge is 0.307 e. The number of halogens is 2. The molecule has 1 heterocycles. The first-order chi connectivity index (χ1) is 11.6. The van der Waals surface area contributed by atoms with Crippen molar-refractivity contribution in [1.82, 2.24) is 5.43 Å². The molecule has 0 aliphatic rings. The molecule has 0 radical (unpaired) electrons. The van der Waals surface area contributed by atoms with Gasteiger partial charge >= 0.3 is 5.91 Å². The lowest BCUT2D eigenvalue weighted by Gasteiger charge is -1.95. The van der Waals surface area contributed by atoms with Crippen molar-refractivity contribution in [2.24, 2.45) is 5.10 Å². The highest BCUT2D eigenvalue weighted by molar-refractivity contribution is 14.1. The summed E-state index contributed by atoms with van der Waals surface area (Å²) in [6, 6.07) is 15.4. The van der Waals surface area contributed by atoms with Crippen molar-refractivity contribution in [3.63, 3.8) is 0 Å². The molecule has 120 valence electrons. The standard InChI is InChI=1S/C18H12BrIN2O2/c19-14-9-13-10-16(24-17(13)15(20)11-14)18(23)22-21-8-4-7-12-5-2-1-3-6-12/h1-11H,(H,22,23)/b7-4+,21-8+. The topological polar surface area (TPSA) is 54.6 Å². The van der Waals surface area contributed by atoms with Gasteiger partial charge in [0.2, 0.25) is 0 Å². The summed E-state index contributed by atoms with van der Waals surface area (Å²) in [6.45, 7) is 0. The van der Waals surface area contributed by atoms with E-state index >= 15 is 0 Å². The van der Waals surface area contributed by atoms with Gasteiger partial charge in [-0.2, -0.15) is 5.10 Å². The average Bonchev–Trinajstić information content (AvgIpc) is 3.00. The predicted octanol–water partition coefficient (Wildman–Crippen LogP) is 5.23. The lowest BCUT2D eigenvalue weighted by atomic mass is 10.2. The molecule has 3 rings (SSSR count). The SMILES string of the molecule is O=C(N/N=C/C=C/c1ccccc1)c1cc2cc(Br)cc(I)c2o1. The van der Waals surface area contributed by atoms with Crippen LogP contribution in [-0.2, 0) is 0 Å². The van der Waals surface area contributed by atoms with Gasteiger partial charge in [0.05, 0.1) is 3.57 Å². The van der Waals surface area contributed by atoms with E-state index < -0.39 is 0 Å². The third kappa shape index (κ3) is 4.12. The maximum atomic E-state index is 12.1. The number of hydrogen-bond donors (Lipinski definition) is 1. The summed E-state index contributed by atoms with van der Waals surface area (Å²) in [5.41, 5.74) is 4.21. The first kappa shape index (κ1) is 16.9. The molecule has 0 bridgehead atoms. The number of carbonyl (C=O) groups excluding carboxylic acids is 1. The summed E-state index contributed by atoms with van der Waals surface area (Å²) in [4.78, 5) is 12.1. The van der Waals surface area contributed by atoms with E-state index in [9.17, 15) is 4.79 Å². The van der Waals surface area contributed by atoms with E-state index in [0.717, 1.165) is 19.0 Å². The molecule has 0 spiro atoms. The summed E-state index contributed by atoms with van der Waals surface area (Å²) < 4.78 is 7.49. The van der Waals surface area contributed by atoms with Crippen LogP contribution in [0.25, 0.3) is 17.0 Å². The van der Waals surface area contributed by atoms with Crippen LogP contribution < -0.4 is 5.43 Å². The largest absolute Gasteiger partial charge is 0.450 e. The van der Waals surface area contributed by atoms with Gasteiger partial charge in [0.1, 0.15) is 5.58 Å². The Morgan fingerprint density at radius 1 is 1.21 bits per heavy atom. The summed E-state index contributed by atoms with van der Waals surface area (Å²) in [5, 5.41) is 4.76. The van der Waals surface area contributed by atoms with E-state index in [1.54, 1.807) is 12.1 Å². The fourth-order valence-electron chi connectivity index (χ4n) is 2.10. The minimum absolute atomic E-state index is 0.227. The second kappa shape index (κ2) is 7.76. The number of allylic oxidation sites excluding steroid dienone is 1. The van der Waals surface area contributed by atoms with Crippen molar-refractivity contribution in [1.29, 1.82) is 0 Å². The normalized spacial score (nSPS) is 11.6. The summed E-state index contributed by atoms with van der Waals surface area (Å²) >= 11 is 5.60. The lowest BCUT2D eigenvalue weighted by molar-refractivity contribution is 0.0929. The lowest BCUT2D eigenvalue weighted by Crippen LogP contribution is -2.16. The Bertz CT molecular complexity index is 933. The van der Waals surface area contributed by atoms with Crippen LogP contribution >= 0.6 is 38.5 Å². The van der Waals surface area contributed by atoms with E-state index in [2.05, 4.69) is 49.0 Å². The second-order valence-corrected chi connectivity index (χ2v) is 6.98. The Morgan fingerprint density at radius 2 is 2.00 bits per heavy atom. The molecule has 1 amide bonds. The van der Waals surface area contributed by atoms with E-state index in [-0.39, 0.29) is 11.7 Å². The third-order valence-corrected chi connectivity index (χ3v) is 4.43. The zero-order valence-electron chi connectivity index (χ0n) is 12.4. The monoisotopic (exact) mass is 494 g/mol. The first-order valence-corrected chi connectivity index (χ1v) is 8.94. The predicted molar refractivity (Wildman–Crippen MR) is 108 cm³/mol. The number of hydrogen-bond acceptors (Lipinski definition) is 3. The Hall–Kier alpha value is -1.93. The molecule has 2 aromatic carbocycles. The Morgan fingerprint density at radius 3 is 2.79 bits per heavy atom. The molecular weight excluding hydrogens is 483 g/mol. The van der Waals surface area contributed by atoms with E-state index in [1.807, 2.05) is 48.5 Å². The number of furan rings is 1. The van der Waals surface area contributed by atoms with Gasteiger partial charge in [-0.1, -0.05) is 52.3 Å². The van der Waals surface area contributed by atoms with Crippen molar-refractivity contribution >= 4 is 67.7 Å². The molecular formula is C18H12BrIN2O2. The third-order valence-electron chi connectivity index (χ3n) is 3.17. The molecule has 6 heteroatoms. The highest BCUT2D eigenvalue weighted by Gasteiger charge is 2.13. The fraction of sp³-hybridized carbons (Fsp3) is 0. The van der Waals surface area contributed by atoms with Crippen LogP contribution in [0.4, 0.5) is 0 Å². The van der Waals surface area contributed by atoms with Crippen molar-refractivity contribution in [2.45, 2.75) is 0 Å². The molecule has 3 aromatic rings. The number of hydrazone groups is 1. The molecule has 0 saturated carbocycles. The molecule has 0 saturated heterocycles. The molecule has 24 heavy (non-hydrogen) atoms. The highest BCUT2D eigenvalue weighted by atomic mass is 127. The molecule has 0 aliphatic heterocycles. The summed E-state index contributed by atoms with van der Waals surface area (Å²) in [6.07, 6.45) is 5.18. The van der Waals surface area contributed by atoms with Gasteiger partial charge in [-0.15, -0.1) is 0 Å². The van der Waals surface area contributed by atoms with Crippen molar-refractivity contribution in [3.8, 4) is 0 Å². The van der Waals surface area contributed by atoms with Gasteiger partial charge in [0, 0.05) is 16.1 Å². The van der Waals surface area contributed by atoms with Gasteiger partial charge in [-0.05, 0) is 52.4 Å². The fourth-order valence-corrected chi connectivity index (χ4v) is 3.76. The number of nitrogens with zero attached hydrogens (tertiary/aromatic N) is 1. The van der Waals surface area contributed by atoms with Gasteiger partial charge < -0.3 is 4.42 Å². The maximum absolute atomic E-state index is 12.1. The molecule has 0 fully saturated rings. The molecule has 0 atom stereocenters. The van der Waals surface area contributed by atoms with Crippen LogP contribution in [-0.4, -0.2) is 12.1 Å². The first-order valence-electron chi connectivity index (χ1n) is 7.07. The van der Waals surface area contributed by atoms with E-state index in [0.29, 0.717) is 5.58 Å². The van der Waals surface area contributed by atoms with E-state index in [4.69, 9.17) is 4.42 Å². The van der Waals surface area contributed by atoms with Crippen LogP contribution in [0.1, 0.15) is 16.1 Å². The molecule has 0 aliphatic carbocycles. The number of amides is 1. The Labute approximate surface area is 160 Å². The number of fused-ring (bicyclic) bond motifs is 1. The Kier molecular flexibility index (Phi) is 5.47. The minimum Gasteiger partial charge on any atom is -0.450 e. The van der Waals surface area contributed by atoms with Crippen molar-refractivity contribution in [3.05, 3.63) is 74.0 Å². The van der Waals surface area contributed by atoms with Crippen LogP contribution in [0.3, 0.4) is 0 Å². The molecule has 4 nitrogen and oxygen atoms in total. The van der Waals surface area contributed by atoms with Crippen LogP contribution in [0.15, 0.2) is 68.6 Å². The minimum atomic E-state index is -0.387. The van der Waals surface area contributed by atoms with Crippen molar-refractivity contribution < 1.29 is 9.21 Å². The second-order valence-electron chi connectivity index (χ2n) is 4.91. The maximum Gasteiger partial charge on any atom is 0.307 e. The zero-order chi connectivity index (χ0) is 16.9. The summed E-state index contributed by atoms with van der Waals surface area (Å²) in [7, 11) is 0. The van der Waals surface area contributed by atoms with Crippen LogP contribution in [0, 0.1) is 3.57 Å². The quantitative estimate of drug-likeness (QED) is 0.307. The van der Waals surface area contributed by atoms with Gasteiger partial charge in [0.15, 0.2) is 5.76 Å². The summed E-state index contributed by atoms with van der Waals surface area (Å²) in [5.74, 6) is -0.160. The number of rotatable bonds is 4. The van der Waals surface area contributed by atoms with Gasteiger partial charge in [-0.3, -0.25) is 4.79 Å². The average molecular weight is 495 g/mol. The van der Waals surface area contributed by atoms with Crippen molar-refractivity contribution in [2.75, 3.05) is 0 Å². The molecule has 1 N–H and O–H groups in total. The molecule has 1 aromatic heterocycles. The molecule has 0 unspecified atom stereocenters. The van der Waals surface area contributed by atoms with Crippen LogP contribution in [0.5, 0.6) is 0 Å². The number of carbonyl (C=O) groups is 1. The van der Waals surface area contributed by atoms with Gasteiger partial charge in [-0.25, -0.2) is 5.43 Å². The van der Waals surface area contributed by atoms with Crippen LogP contribution in [0.2, 0.25) is 0 Å². The zero-order valence-corrected chi connectivity index (χ0v) is 16.1. The Balaban J connectivity index is 1.66. The van der Waals surface area contributed by atoms with Gasteiger partial charge in [0.25, 0.3) is 0 Å².